The lowest BCUT2D eigenvalue weighted by Crippen LogP contribution is -2.47. The van der Waals surface area contributed by atoms with Crippen LogP contribution in [0.15, 0.2) is 70.3 Å². The van der Waals surface area contributed by atoms with Crippen molar-refractivity contribution in [1.29, 1.82) is 0 Å². The highest BCUT2D eigenvalue weighted by Gasteiger charge is 2.35. The van der Waals surface area contributed by atoms with Gasteiger partial charge in [0.15, 0.2) is 0 Å². The van der Waals surface area contributed by atoms with Gasteiger partial charge in [-0.25, -0.2) is 9.97 Å². The molecule has 0 radical (unpaired) electrons. The maximum Gasteiger partial charge on any atom is 0.261 e. The molecule has 0 unspecified atom stereocenters. The molecule has 1 aromatic carbocycles. The fraction of sp³-hybridized carbons (Fsp3) is 0.292. The minimum atomic E-state index is 0.0552. The Kier molecular flexibility index (Phi) is 4.35. The van der Waals surface area contributed by atoms with Gasteiger partial charge in [0, 0.05) is 55.7 Å². The molecule has 2 bridgehead atoms. The molecule has 0 aliphatic carbocycles. The fourth-order valence-corrected chi connectivity index (χ4v) is 5.09. The number of likely N-dealkylation sites (tertiary alicyclic amines) is 1. The van der Waals surface area contributed by atoms with Crippen molar-refractivity contribution in [1.82, 2.24) is 24.4 Å². The standard InChI is InChI=1S/C24H23N5O2/c30-24-20(22-25-8-9-26-22)6-7-21-18-10-16(12-29(21)24)11-28(13-18)14-19-15-31-23(27-19)17-4-2-1-3-5-17/h1-9,15-16,18H,10-14H2,(H,25,26)/t16-,18+/m0/s1. The smallest absolute Gasteiger partial charge is 0.261 e. The summed E-state index contributed by atoms with van der Waals surface area (Å²) in [5.74, 6) is 2.11. The summed E-state index contributed by atoms with van der Waals surface area (Å²) in [6.45, 7) is 3.40. The first-order chi connectivity index (χ1) is 15.2. The van der Waals surface area contributed by atoms with Crippen molar-refractivity contribution in [2.45, 2.75) is 25.4 Å². The van der Waals surface area contributed by atoms with E-state index in [1.807, 2.05) is 41.0 Å². The number of aromatic amines is 1. The Morgan fingerprint density at radius 3 is 2.84 bits per heavy atom. The molecule has 6 rings (SSSR count). The van der Waals surface area contributed by atoms with Crippen LogP contribution in [-0.2, 0) is 13.1 Å². The number of hydrogen-bond donors (Lipinski definition) is 1. The minimum absolute atomic E-state index is 0.0552. The summed E-state index contributed by atoms with van der Waals surface area (Å²) >= 11 is 0. The molecule has 2 atom stereocenters. The van der Waals surface area contributed by atoms with Crippen molar-refractivity contribution in [2.24, 2.45) is 5.92 Å². The minimum Gasteiger partial charge on any atom is -0.444 e. The Morgan fingerprint density at radius 1 is 1.10 bits per heavy atom. The molecule has 156 valence electrons. The highest BCUT2D eigenvalue weighted by atomic mass is 16.3. The Hall–Kier alpha value is -3.45. The van der Waals surface area contributed by atoms with Crippen LogP contribution in [0.5, 0.6) is 0 Å². The Bertz CT molecular complexity index is 1260. The van der Waals surface area contributed by atoms with Crippen molar-refractivity contribution < 1.29 is 4.42 Å². The molecule has 1 fully saturated rings. The molecule has 5 heterocycles. The number of aromatic nitrogens is 4. The molecular weight excluding hydrogens is 390 g/mol. The molecule has 31 heavy (non-hydrogen) atoms. The maximum absolute atomic E-state index is 13.1. The molecular formula is C24H23N5O2. The van der Waals surface area contributed by atoms with E-state index in [-0.39, 0.29) is 5.56 Å². The number of nitrogens with one attached hydrogen (secondary N) is 1. The van der Waals surface area contributed by atoms with Crippen molar-refractivity contribution >= 4 is 0 Å². The zero-order valence-electron chi connectivity index (χ0n) is 17.1. The van der Waals surface area contributed by atoms with Gasteiger partial charge in [-0.2, -0.15) is 0 Å². The SMILES string of the molecule is O=c1c(-c2ncc[nH]2)ccc2n1C[C@H]1C[C@@H]2CN(Cc2coc(-c3ccccc3)n2)C1. The second-order valence-corrected chi connectivity index (χ2v) is 8.53. The summed E-state index contributed by atoms with van der Waals surface area (Å²) in [6.07, 6.45) is 6.32. The number of oxazole rings is 1. The van der Waals surface area contributed by atoms with Crippen molar-refractivity contribution in [3.8, 4) is 22.8 Å². The van der Waals surface area contributed by atoms with E-state index in [1.54, 1.807) is 18.7 Å². The first-order valence-electron chi connectivity index (χ1n) is 10.7. The van der Waals surface area contributed by atoms with Crippen LogP contribution >= 0.6 is 0 Å². The molecule has 4 aromatic rings. The molecule has 0 saturated carbocycles. The van der Waals surface area contributed by atoms with E-state index in [4.69, 9.17) is 9.40 Å². The Morgan fingerprint density at radius 2 is 2.00 bits per heavy atom. The van der Waals surface area contributed by atoms with Gasteiger partial charge < -0.3 is 14.0 Å². The molecule has 0 amide bonds. The van der Waals surface area contributed by atoms with Gasteiger partial charge in [-0.1, -0.05) is 18.2 Å². The van der Waals surface area contributed by atoms with Crippen molar-refractivity contribution in [3.05, 3.63) is 82.9 Å². The van der Waals surface area contributed by atoms with E-state index >= 15 is 0 Å². The summed E-state index contributed by atoms with van der Waals surface area (Å²) in [5, 5.41) is 0. The van der Waals surface area contributed by atoms with Crippen molar-refractivity contribution in [2.75, 3.05) is 13.1 Å². The third-order valence-electron chi connectivity index (χ3n) is 6.39. The fourth-order valence-electron chi connectivity index (χ4n) is 5.09. The number of imidazole rings is 1. The number of pyridine rings is 1. The van der Waals surface area contributed by atoms with Gasteiger partial charge >= 0.3 is 0 Å². The van der Waals surface area contributed by atoms with Crippen LogP contribution in [0, 0.1) is 5.92 Å². The lowest BCUT2D eigenvalue weighted by molar-refractivity contribution is 0.113. The third-order valence-corrected chi connectivity index (χ3v) is 6.39. The van der Waals surface area contributed by atoms with Crippen molar-refractivity contribution in [3.63, 3.8) is 0 Å². The summed E-state index contributed by atoms with van der Waals surface area (Å²) in [4.78, 5) is 27.6. The number of benzene rings is 1. The molecule has 0 spiro atoms. The maximum atomic E-state index is 13.1. The first-order valence-corrected chi connectivity index (χ1v) is 10.7. The van der Waals surface area contributed by atoms with E-state index in [1.165, 1.54) is 0 Å². The molecule has 7 nitrogen and oxygen atoms in total. The Balaban J connectivity index is 1.23. The molecule has 2 aliphatic heterocycles. The lowest BCUT2D eigenvalue weighted by Gasteiger charge is -2.42. The van der Waals surface area contributed by atoms with Crippen LogP contribution in [0.4, 0.5) is 0 Å². The van der Waals surface area contributed by atoms with Gasteiger partial charge in [0.05, 0.1) is 11.3 Å². The highest BCUT2D eigenvalue weighted by Crippen LogP contribution is 2.36. The number of rotatable bonds is 4. The van der Waals surface area contributed by atoms with Crippen LogP contribution in [0.3, 0.4) is 0 Å². The number of piperidine rings is 1. The van der Waals surface area contributed by atoms with E-state index in [0.29, 0.717) is 29.1 Å². The van der Waals surface area contributed by atoms with E-state index < -0.39 is 0 Å². The van der Waals surface area contributed by atoms with Crippen LogP contribution in [0.1, 0.15) is 23.7 Å². The quantitative estimate of drug-likeness (QED) is 0.554. The zero-order chi connectivity index (χ0) is 20.8. The molecule has 7 heteroatoms. The van der Waals surface area contributed by atoms with E-state index in [2.05, 4.69) is 20.9 Å². The summed E-state index contributed by atoms with van der Waals surface area (Å²) in [7, 11) is 0. The number of nitrogens with zero attached hydrogens (tertiary/aromatic N) is 4. The third kappa shape index (κ3) is 3.31. The zero-order valence-corrected chi connectivity index (χ0v) is 17.1. The van der Waals surface area contributed by atoms with Gasteiger partial charge in [-0.15, -0.1) is 0 Å². The largest absolute Gasteiger partial charge is 0.444 e. The number of fused-ring (bicyclic) bond motifs is 4. The molecule has 2 aliphatic rings. The molecule has 1 N–H and O–H groups in total. The first kappa shape index (κ1) is 18.3. The topological polar surface area (TPSA) is 80.0 Å². The Labute approximate surface area is 179 Å². The predicted molar refractivity (Wildman–Crippen MR) is 116 cm³/mol. The monoisotopic (exact) mass is 413 g/mol. The lowest BCUT2D eigenvalue weighted by atomic mass is 9.83. The van der Waals surface area contributed by atoms with E-state index in [0.717, 1.165) is 49.6 Å². The van der Waals surface area contributed by atoms with Gasteiger partial charge in [-0.3, -0.25) is 9.69 Å². The highest BCUT2D eigenvalue weighted by molar-refractivity contribution is 5.54. The van der Waals surface area contributed by atoms with Crippen LogP contribution in [-0.4, -0.2) is 37.5 Å². The average Bonchev–Trinajstić information content (AvgIpc) is 3.48. The van der Waals surface area contributed by atoms with E-state index in [9.17, 15) is 4.79 Å². The van der Waals surface area contributed by atoms with Gasteiger partial charge in [-0.05, 0) is 36.6 Å². The summed E-state index contributed by atoms with van der Waals surface area (Å²) < 4.78 is 7.68. The number of H-pyrrole nitrogens is 1. The van der Waals surface area contributed by atoms with Gasteiger partial charge in [0.25, 0.3) is 5.56 Å². The number of hydrogen-bond acceptors (Lipinski definition) is 5. The van der Waals surface area contributed by atoms with Gasteiger partial charge in [0.1, 0.15) is 12.1 Å². The predicted octanol–water partition coefficient (Wildman–Crippen LogP) is 3.51. The molecule has 3 aromatic heterocycles. The summed E-state index contributed by atoms with van der Waals surface area (Å²) in [5.41, 5.74) is 3.77. The van der Waals surface area contributed by atoms with Gasteiger partial charge in [0.2, 0.25) is 5.89 Å². The average molecular weight is 413 g/mol. The van der Waals surface area contributed by atoms with Crippen LogP contribution < -0.4 is 5.56 Å². The van der Waals surface area contributed by atoms with Crippen LogP contribution in [0.2, 0.25) is 0 Å². The summed E-state index contributed by atoms with van der Waals surface area (Å²) in [6, 6.07) is 14.0. The normalized spacial score (nSPS) is 20.5. The second kappa shape index (κ2) is 7.35. The van der Waals surface area contributed by atoms with Crippen LogP contribution in [0.25, 0.3) is 22.8 Å². The second-order valence-electron chi connectivity index (χ2n) is 8.53. The molecule has 1 saturated heterocycles.